The summed E-state index contributed by atoms with van der Waals surface area (Å²) in [7, 11) is -0.171. The topological polar surface area (TPSA) is 63.6 Å². The summed E-state index contributed by atoms with van der Waals surface area (Å²) in [6, 6.07) is 0. The maximum absolute atomic E-state index is 12.2. The Morgan fingerprint density at radius 2 is 1.71 bits per heavy atom. The molecule has 10 heteroatoms. The van der Waals surface area contributed by atoms with Gasteiger partial charge in [-0.2, -0.15) is 21.6 Å². The fourth-order valence-electron chi connectivity index (χ4n) is 0.783. The van der Waals surface area contributed by atoms with Crippen molar-refractivity contribution < 1.29 is 47.8 Å². The van der Waals surface area contributed by atoms with Gasteiger partial charge >= 0.3 is 16.3 Å². The third-order valence-electron chi connectivity index (χ3n) is 1.57. The van der Waals surface area contributed by atoms with Gasteiger partial charge in [-0.25, -0.2) is 0 Å². The fourth-order valence-corrected chi connectivity index (χ4v) is 1.39. The van der Waals surface area contributed by atoms with E-state index in [9.17, 15) is 21.6 Å². The van der Waals surface area contributed by atoms with Crippen molar-refractivity contribution in [1.29, 1.82) is 0 Å². The minimum absolute atomic E-state index is 0. The first-order valence-corrected chi connectivity index (χ1v) is 5.79. The van der Waals surface area contributed by atoms with Gasteiger partial charge in [-0.15, -0.1) is 0 Å². The molecule has 0 aromatic heterocycles. The second-order valence-corrected chi connectivity index (χ2v) is 5.73. The van der Waals surface area contributed by atoms with Crippen LogP contribution in [0, 0.1) is 0 Å². The summed E-state index contributed by atoms with van der Waals surface area (Å²) in [6.07, 6.45) is -5.14. The molecule has 0 rings (SSSR count). The van der Waals surface area contributed by atoms with Gasteiger partial charge in [-0.1, -0.05) is 0 Å². The van der Waals surface area contributed by atoms with E-state index in [1.807, 2.05) is 0 Å². The van der Waals surface area contributed by atoms with Crippen LogP contribution in [-0.2, 0) is 14.9 Å². The molecule has 0 aromatic rings. The fraction of sp³-hybridized carbons (Fsp3) is 1.00. The summed E-state index contributed by atoms with van der Waals surface area (Å²) in [5.74, 6) is 0. The molecule has 1 N–H and O–H groups in total. The molecule has 0 aromatic carbocycles. The van der Waals surface area contributed by atoms with E-state index in [4.69, 9.17) is 4.55 Å². The van der Waals surface area contributed by atoms with Gasteiger partial charge in [-0.3, -0.25) is 4.55 Å². The second-order valence-electron chi connectivity index (χ2n) is 4.27. The normalized spacial score (nSPS) is 15.2. The van der Waals surface area contributed by atoms with Crippen molar-refractivity contribution in [3.63, 3.8) is 0 Å². The van der Waals surface area contributed by atoms with E-state index >= 15 is 0 Å². The predicted molar refractivity (Wildman–Crippen MR) is 50.2 cm³/mol. The Kier molecular flexibility index (Phi) is 7.01. The lowest BCUT2D eigenvalue weighted by atomic mass is 10.5. The number of nitrogens with zero attached hydrogens (tertiary/aromatic N) is 1. The lowest BCUT2D eigenvalue weighted by Gasteiger charge is -2.25. The van der Waals surface area contributed by atoms with Crippen LogP contribution in [0.4, 0.5) is 13.2 Å². The highest BCUT2D eigenvalue weighted by Gasteiger charge is 2.49. The zero-order valence-electron chi connectivity index (χ0n) is 9.53. The zero-order valence-corrected chi connectivity index (χ0v) is 11.1. The number of ether oxygens (including phenoxy) is 1. The van der Waals surface area contributed by atoms with Crippen molar-refractivity contribution in [2.24, 2.45) is 0 Å². The summed E-state index contributed by atoms with van der Waals surface area (Å²) >= 11 is 0. The van der Waals surface area contributed by atoms with Crippen LogP contribution in [0.15, 0.2) is 0 Å². The van der Waals surface area contributed by atoms with Crippen LogP contribution < -0.4 is 12.4 Å². The number of halogens is 4. The number of alkyl halides is 3. The predicted octanol–water partition coefficient (Wildman–Crippen LogP) is -2.51. The summed E-state index contributed by atoms with van der Waals surface area (Å²) in [5, 5.41) is 0. The van der Waals surface area contributed by atoms with Crippen molar-refractivity contribution in [2.45, 2.75) is 11.6 Å². The smallest absolute Gasteiger partial charge is 0.431 e. The van der Waals surface area contributed by atoms with Crippen molar-refractivity contribution >= 4 is 10.1 Å². The molecule has 17 heavy (non-hydrogen) atoms. The monoisotopic (exact) mass is 301 g/mol. The van der Waals surface area contributed by atoms with E-state index in [-0.39, 0.29) is 19.0 Å². The Labute approximate surface area is 104 Å². The molecule has 5 nitrogen and oxygen atoms in total. The zero-order chi connectivity index (χ0) is 13.2. The average molecular weight is 302 g/mol. The Balaban J connectivity index is 0. The molecule has 0 radical (unpaired) electrons. The second kappa shape index (κ2) is 6.19. The largest absolute Gasteiger partial charge is 1.00 e. The summed E-state index contributed by atoms with van der Waals surface area (Å²) < 4.78 is 70.2. The Hall–Kier alpha value is -0.0900. The number of rotatable bonds is 5. The Morgan fingerprint density at radius 1 is 1.29 bits per heavy atom. The van der Waals surface area contributed by atoms with Gasteiger partial charge in [-0.05, 0) is 0 Å². The lowest BCUT2D eigenvalue weighted by Crippen LogP contribution is -3.00. The number of quaternary nitrogens is 1. The first-order chi connectivity index (χ1) is 6.84. The Bertz CT molecular complexity index is 325. The molecule has 0 amide bonds. The Morgan fingerprint density at radius 3 is 1.94 bits per heavy atom. The number of hydrogen-bond donors (Lipinski definition) is 1. The van der Waals surface area contributed by atoms with Gasteiger partial charge in [0.1, 0.15) is 6.54 Å². The average Bonchev–Trinajstić information content (AvgIpc) is 1.90. The van der Waals surface area contributed by atoms with Crippen molar-refractivity contribution in [3.05, 3.63) is 0 Å². The van der Waals surface area contributed by atoms with Crippen LogP contribution in [0.1, 0.15) is 0 Å². The molecule has 0 saturated heterocycles. The minimum Gasteiger partial charge on any atom is -1.00 e. The highest BCUT2D eigenvalue weighted by atomic mass is 35.5. The van der Waals surface area contributed by atoms with Crippen LogP contribution in [0.25, 0.3) is 0 Å². The molecule has 0 spiro atoms. The molecule has 0 heterocycles. The minimum atomic E-state index is -5.29. The molecule has 0 saturated carbocycles. The molecule has 1 unspecified atom stereocenters. The van der Waals surface area contributed by atoms with E-state index in [1.54, 1.807) is 21.1 Å². The van der Waals surface area contributed by atoms with Gasteiger partial charge < -0.3 is 21.6 Å². The highest BCUT2D eigenvalue weighted by Crippen LogP contribution is 2.26. The number of likely N-dealkylation sites (N-methyl/N-ethyl adjacent to an activating group) is 1. The van der Waals surface area contributed by atoms with E-state index < -0.39 is 28.3 Å². The van der Waals surface area contributed by atoms with E-state index in [0.29, 0.717) is 4.48 Å². The van der Waals surface area contributed by atoms with E-state index in [1.165, 1.54) is 0 Å². The third-order valence-corrected chi connectivity index (χ3v) is 2.51. The van der Waals surface area contributed by atoms with Crippen LogP contribution in [0.3, 0.4) is 0 Å². The molecule has 0 aliphatic rings. The molecular formula is C7H15ClF3NO4S. The van der Waals surface area contributed by atoms with Crippen LogP contribution in [-0.4, -0.2) is 63.4 Å². The summed E-state index contributed by atoms with van der Waals surface area (Å²) in [6.45, 7) is -0.241. The first kappa shape index (κ1) is 19.3. The van der Waals surface area contributed by atoms with Gasteiger partial charge in [0, 0.05) is 0 Å². The van der Waals surface area contributed by atoms with Crippen molar-refractivity contribution in [3.8, 4) is 0 Å². The van der Waals surface area contributed by atoms with Gasteiger partial charge in [0.05, 0.1) is 27.7 Å². The maximum atomic E-state index is 12.2. The van der Waals surface area contributed by atoms with E-state index in [2.05, 4.69) is 4.74 Å². The summed E-state index contributed by atoms with van der Waals surface area (Å²) in [4.78, 5) is 0. The van der Waals surface area contributed by atoms with Crippen LogP contribution in [0.2, 0.25) is 0 Å². The quantitative estimate of drug-likeness (QED) is 0.450. The molecule has 0 bridgehead atoms. The van der Waals surface area contributed by atoms with E-state index in [0.717, 1.165) is 0 Å². The van der Waals surface area contributed by atoms with Crippen LogP contribution in [0.5, 0.6) is 0 Å². The van der Waals surface area contributed by atoms with Crippen molar-refractivity contribution in [2.75, 3.05) is 34.3 Å². The molecule has 0 fully saturated rings. The van der Waals surface area contributed by atoms with Gasteiger partial charge in [0.25, 0.3) is 5.44 Å². The molecule has 106 valence electrons. The molecule has 1 atom stereocenters. The van der Waals surface area contributed by atoms with Crippen molar-refractivity contribution in [1.82, 2.24) is 0 Å². The SMILES string of the molecule is C[N+](C)(C)CCOC(C(F)(F)F)S(=O)(=O)O.[Cl-]. The maximum Gasteiger partial charge on any atom is 0.431 e. The summed E-state index contributed by atoms with van der Waals surface area (Å²) in [5.41, 5.74) is -3.17. The highest BCUT2D eigenvalue weighted by molar-refractivity contribution is 7.86. The van der Waals surface area contributed by atoms with Gasteiger partial charge in [0.2, 0.25) is 0 Å². The number of hydrogen-bond acceptors (Lipinski definition) is 3. The third kappa shape index (κ3) is 8.61. The van der Waals surface area contributed by atoms with Gasteiger partial charge in [0.15, 0.2) is 0 Å². The first-order valence-electron chi connectivity index (χ1n) is 4.29. The molecule has 0 aliphatic carbocycles. The standard InChI is InChI=1S/C7H14F3NO4S.ClH/c1-11(2,3)4-5-15-6(7(8,9)10)16(12,13)14;/h6H,4-5H2,1-3H3;1H. The lowest BCUT2D eigenvalue weighted by molar-refractivity contribution is -0.870. The molecule has 0 aliphatic heterocycles. The molecular weight excluding hydrogens is 287 g/mol. The van der Waals surface area contributed by atoms with Crippen LogP contribution >= 0.6 is 0 Å².